The first-order valence-electron chi connectivity index (χ1n) is 14.6. The molecule has 0 radical (unpaired) electrons. The van der Waals surface area contributed by atoms with Crippen molar-refractivity contribution < 1.29 is 33.4 Å². The number of nitrogens with zero attached hydrogens (tertiary/aromatic N) is 3. The molecule has 1 aromatic heterocycles. The summed E-state index contributed by atoms with van der Waals surface area (Å²) in [4.78, 5) is 71.4. The van der Waals surface area contributed by atoms with Gasteiger partial charge in [0.15, 0.2) is 0 Å². The standard InChI is InChI=1S/C31H44N6O7/c1-30(2,3)44-29(42)34-22(17-21-18-32-19-36(21)6)26(39)37-15-11-14-24(37)25(38)35-31(4,5)28(41)33-23(27(40)43-7)16-20-12-9-8-10-13-20/h8-10,12-13,18-19,22-24H,11,14-17H2,1-7H3,(H,33,41)(H,34,42)(H,35,38)/t22-,23+,24+/m0/s1. The van der Waals surface area contributed by atoms with Crippen molar-refractivity contribution in [3.8, 4) is 0 Å². The summed E-state index contributed by atoms with van der Waals surface area (Å²) in [6.45, 7) is 8.50. The normalized spacial score (nSPS) is 16.4. The molecule has 2 heterocycles. The Balaban J connectivity index is 1.73. The number of benzene rings is 1. The van der Waals surface area contributed by atoms with Crippen LogP contribution in [-0.2, 0) is 48.5 Å². The first-order chi connectivity index (χ1) is 20.6. The summed E-state index contributed by atoms with van der Waals surface area (Å²) in [5, 5.41) is 8.11. The topological polar surface area (TPSA) is 161 Å². The SMILES string of the molecule is COC(=O)[C@@H](Cc1ccccc1)NC(=O)C(C)(C)NC(=O)[C@H]1CCCN1C(=O)[C@H](Cc1cncn1C)NC(=O)OC(C)(C)C. The van der Waals surface area contributed by atoms with Crippen molar-refractivity contribution in [2.75, 3.05) is 13.7 Å². The van der Waals surface area contributed by atoms with Crippen LogP contribution in [0.25, 0.3) is 0 Å². The highest BCUT2D eigenvalue weighted by atomic mass is 16.6. The lowest BCUT2D eigenvalue weighted by atomic mass is 10.0. The molecule has 1 saturated heterocycles. The van der Waals surface area contributed by atoms with Gasteiger partial charge < -0.3 is 34.9 Å². The van der Waals surface area contributed by atoms with E-state index in [-0.39, 0.29) is 12.8 Å². The van der Waals surface area contributed by atoms with E-state index in [1.54, 1.807) is 44.9 Å². The fraction of sp³-hybridized carbons (Fsp3) is 0.548. The highest BCUT2D eigenvalue weighted by Gasteiger charge is 2.41. The van der Waals surface area contributed by atoms with Gasteiger partial charge in [-0.2, -0.15) is 0 Å². The third-order valence-electron chi connectivity index (χ3n) is 7.23. The summed E-state index contributed by atoms with van der Waals surface area (Å²) in [7, 11) is 3.02. The molecule has 3 rings (SSSR count). The van der Waals surface area contributed by atoms with E-state index in [0.717, 1.165) is 5.56 Å². The van der Waals surface area contributed by atoms with Crippen molar-refractivity contribution in [3.63, 3.8) is 0 Å². The Bertz CT molecular complexity index is 1330. The molecule has 1 fully saturated rings. The van der Waals surface area contributed by atoms with Crippen LogP contribution in [0.2, 0.25) is 0 Å². The molecular formula is C31H44N6O7. The van der Waals surface area contributed by atoms with E-state index in [9.17, 15) is 24.0 Å². The van der Waals surface area contributed by atoms with Gasteiger partial charge in [-0.15, -0.1) is 0 Å². The Morgan fingerprint density at radius 2 is 1.68 bits per heavy atom. The lowest BCUT2D eigenvalue weighted by Crippen LogP contribution is -2.61. The van der Waals surface area contributed by atoms with E-state index in [4.69, 9.17) is 9.47 Å². The van der Waals surface area contributed by atoms with Gasteiger partial charge in [-0.1, -0.05) is 30.3 Å². The van der Waals surface area contributed by atoms with Crippen LogP contribution < -0.4 is 16.0 Å². The molecule has 1 aliphatic heterocycles. The number of alkyl carbamates (subject to hydrolysis) is 1. The number of hydrogen-bond donors (Lipinski definition) is 3. The molecule has 1 aliphatic rings. The number of amides is 4. The van der Waals surface area contributed by atoms with E-state index in [1.807, 2.05) is 30.3 Å². The van der Waals surface area contributed by atoms with Gasteiger partial charge >= 0.3 is 12.1 Å². The van der Waals surface area contributed by atoms with Crippen LogP contribution in [0, 0.1) is 0 Å². The number of aromatic nitrogens is 2. The molecule has 0 bridgehead atoms. The van der Waals surface area contributed by atoms with Crippen LogP contribution in [0.5, 0.6) is 0 Å². The fourth-order valence-electron chi connectivity index (χ4n) is 4.92. The molecule has 0 unspecified atom stereocenters. The smallest absolute Gasteiger partial charge is 0.408 e. The number of esters is 1. The Morgan fingerprint density at radius 1 is 1.00 bits per heavy atom. The minimum atomic E-state index is -1.43. The van der Waals surface area contributed by atoms with Crippen LogP contribution in [0.3, 0.4) is 0 Å². The average Bonchev–Trinajstić information content (AvgIpc) is 3.60. The minimum Gasteiger partial charge on any atom is -0.467 e. The van der Waals surface area contributed by atoms with Gasteiger partial charge in [-0.3, -0.25) is 14.4 Å². The van der Waals surface area contributed by atoms with E-state index >= 15 is 0 Å². The lowest BCUT2D eigenvalue weighted by Gasteiger charge is -2.32. The van der Waals surface area contributed by atoms with Crippen LogP contribution >= 0.6 is 0 Å². The van der Waals surface area contributed by atoms with Crippen LogP contribution in [-0.4, -0.2) is 87.2 Å². The number of rotatable bonds is 11. The van der Waals surface area contributed by atoms with E-state index in [0.29, 0.717) is 25.1 Å². The zero-order chi connectivity index (χ0) is 32.7. The number of ether oxygens (including phenoxy) is 2. The molecule has 44 heavy (non-hydrogen) atoms. The largest absolute Gasteiger partial charge is 0.467 e. The van der Waals surface area contributed by atoms with Crippen molar-refractivity contribution in [1.82, 2.24) is 30.4 Å². The highest BCUT2D eigenvalue weighted by Crippen LogP contribution is 2.21. The number of carbonyl (C=O) groups is 5. The predicted molar refractivity (Wildman–Crippen MR) is 161 cm³/mol. The van der Waals surface area contributed by atoms with Crippen molar-refractivity contribution in [1.29, 1.82) is 0 Å². The van der Waals surface area contributed by atoms with Crippen molar-refractivity contribution in [2.45, 2.75) is 89.6 Å². The van der Waals surface area contributed by atoms with Gasteiger partial charge in [0.2, 0.25) is 17.7 Å². The third-order valence-corrected chi connectivity index (χ3v) is 7.23. The quantitative estimate of drug-likeness (QED) is 0.323. The van der Waals surface area contributed by atoms with E-state index in [1.165, 1.54) is 25.9 Å². The molecule has 4 amide bonds. The van der Waals surface area contributed by atoms with E-state index < -0.39 is 59.0 Å². The first-order valence-corrected chi connectivity index (χ1v) is 14.6. The molecule has 0 saturated carbocycles. The number of imidazole rings is 1. The fourth-order valence-corrected chi connectivity index (χ4v) is 4.92. The second kappa shape index (κ2) is 14.4. The van der Waals surface area contributed by atoms with Gasteiger partial charge in [0.1, 0.15) is 29.3 Å². The van der Waals surface area contributed by atoms with Gasteiger partial charge in [-0.25, -0.2) is 14.6 Å². The molecule has 240 valence electrons. The van der Waals surface area contributed by atoms with Crippen LogP contribution in [0.1, 0.15) is 58.7 Å². The number of carbonyl (C=O) groups excluding carboxylic acids is 5. The Hall–Kier alpha value is -4.42. The molecule has 3 N–H and O–H groups in total. The second-order valence-electron chi connectivity index (χ2n) is 12.4. The zero-order valence-electron chi connectivity index (χ0n) is 26.5. The number of hydrogen-bond acceptors (Lipinski definition) is 8. The third kappa shape index (κ3) is 9.29. The van der Waals surface area contributed by atoms with Crippen molar-refractivity contribution >= 4 is 29.8 Å². The summed E-state index contributed by atoms with van der Waals surface area (Å²) in [6, 6.07) is 6.30. The van der Waals surface area contributed by atoms with Crippen LogP contribution in [0.15, 0.2) is 42.9 Å². The van der Waals surface area contributed by atoms with Crippen molar-refractivity contribution in [2.24, 2.45) is 7.05 Å². The summed E-state index contributed by atoms with van der Waals surface area (Å²) in [5.41, 5.74) is -0.681. The highest BCUT2D eigenvalue weighted by molar-refractivity contribution is 5.96. The van der Waals surface area contributed by atoms with Gasteiger partial charge in [-0.05, 0) is 53.0 Å². The van der Waals surface area contributed by atoms with Gasteiger partial charge in [0.25, 0.3) is 0 Å². The monoisotopic (exact) mass is 612 g/mol. The predicted octanol–water partition coefficient (Wildman–Crippen LogP) is 1.64. The average molecular weight is 613 g/mol. The van der Waals surface area contributed by atoms with Crippen LogP contribution in [0.4, 0.5) is 4.79 Å². The summed E-state index contributed by atoms with van der Waals surface area (Å²) >= 11 is 0. The minimum absolute atomic E-state index is 0.129. The first kappa shape index (κ1) is 34.1. The molecule has 0 aliphatic carbocycles. The molecule has 13 nitrogen and oxygen atoms in total. The Morgan fingerprint density at radius 3 is 2.27 bits per heavy atom. The number of nitrogens with one attached hydrogen (secondary N) is 3. The molecule has 1 aromatic carbocycles. The molecule has 3 atom stereocenters. The maximum atomic E-state index is 13.8. The molecule has 2 aromatic rings. The molecular weight excluding hydrogens is 568 g/mol. The lowest BCUT2D eigenvalue weighted by molar-refractivity contribution is -0.146. The number of likely N-dealkylation sites (tertiary alicyclic amines) is 1. The Labute approximate surface area is 258 Å². The summed E-state index contributed by atoms with van der Waals surface area (Å²) < 4.78 is 12.0. The number of aryl methyl sites for hydroxylation is 1. The van der Waals surface area contributed by atoms with Crippen molar-refractivity contribution in [3.05, 3.63) is 54.1 Å². The molecule has 0 spiro atoms. The zero-order valence-corrected chi connectivity index (χ0v) is 26.5. The van der Waals surface area contributed by atoms with E-state index in [2.05, 4.69) is 20.9 Å². The number of methoxy groups -OCH3 is 1. The summed E-state index contributed by atoms with van der Waals surface area (Å²) in [5.74, 6) is -2.18. The maximum Gasteiger partial charge on any atom is 0.408 e. The van der Waals surface area contributed by atoms with Gasteiger partial charge in [0, 0.05) is 38.3 Å². The maximum absolute atomic E-state index is 13.8. The van der Waals surface area contributed by atoms with Gasteiger partial charge in [0.05, 0.1) is 13.4 Å². The molecule has 13 heteroatoms. The Kier molecular flexibility index (Phi) is 11.1. The second-order valence-corrected chi connectivity index (χ2v) is 12.4. The summed E-state index contributed by atoms with van der Waals surface area (Å²) in [6.07, 6.45) is 3.70.